The average molecular weight is 252 g/mol. The number of aryl methyl sites for hydroxylation is 1. The number of aromatic nitrogens is 3. The molecular weight excluding hydrogens is 240 g/mol. The highest BCUT2D eigenvalue weighted by molar-refractivity contribution is 6.02. The molecule has 1 amide bonds. The van der Waals surface area contributed by atoms with Crippen LogP contribution in [-0.4, -0.2) is 20.5 Å². The average Bonchev–Trinajstić information content (AvgIpc) is 2.78. The number of nitrogens with one attached hydrogen (secondary N) is 1. The van der Waals surface area contributed by atoms with Crippen LogP contribution in [0.25, 0.3) is 5.65 Å². The normalized spacial score (nSPS) is 10.6. The van der Waals surface area contributed by atoms with E-state index in [0.29, 0.717) is 5.69 Å². The van der Waals surface area contributed by atoms with Crippen molar-refractivity contribution in [2.24, 2.45) is 0 Å². The van der Waals surface area contributed by atoms with Crippen molar-refractivity contribution in [1.82, 2.24) is 14.6 Å². The summed E-state index contributed by atoms with van der Waals surface area (Å²) in [4.78, 5) is 16.3. The zero-order valence-corrected chi connectivity index (χ0v) is 10.4. The maximum Gasteiger partial charge on any atom is 0.276 e. The van der Waals surface area contributed by atoms with Crippen LogP contribution in [0.3, 0.4) is 0 Å². The van der Waals surface area contributed by atoms with Gasteiger partial charge in [-0.15, -0.1) is 0 Å². The van der Waals surface area contributed by atoms with Crippen LogP contribution in [-0.2, 0) is 0 Å². The number of hydrogen-bond acceptors (Lipinski definition) is 3. The van der Waals surface area contributed by atoms with Crippen LogP contribution < -0.4 is 5.32 Å². The molecule has 0 spiro atoms. The molecule has 1 aromatic carbocycles. The highest BCUT2D eigenvalue weighted by atomic mass is 16.1. The summed E-state index contributed by atoms with van der Waals surface area (Å²) in [6.45, 7) is 1.89. The van der Waals surface area contributed by atoms with Gasteiger partial charge in [-0.2, -0.15) is 5.10 Å². The summed E-state index contributed by atoms with van der Waals surface area (Å²) in [5.41, 5.74) is 2.70. The van der Waals surface area contributed by atoms with E-state index in [0.717, 1.165) is 17.0 Å². The summed E-state index contributed by atoms with van der Waals surface area (Å²) in [6.07, 6.45) is 1.79. The number of imidazole rings is 1. The molecule has 2 aromatic heterocycles. The van der Waals surface area contributed by atoms with E-state index < -0.39 is 0 Å². The van der Waals surface area contributed by atoms with Crippen molar-refractivity contribution >= 4 is 17.2 Å². The van der Waals surface area contributed by atoms with E-state index >= 15 is 0 Å². The van der Waals surface area contributed by atoms with Gasteiger partial charge in [0, 0.05) is 5.69 Å². The van der Waals surface area contributed by atoms with Crippen molar-refractivity contribution in [2.75, 3.05) is 5.32 Å². The van der Waals surface area contributed by atoms with Crippen LogP contribution >= 0.6 is 0 Å². The minimum Gasteiger partial charge on any atom is -0.321 e. The number of anilines is 1. The Kier molecular flexibility index (Phi) is 2.72. The van der Waals surface area contributed by atoms with Crippen molar-refractivity contribution < 1.29 is 4.79 Å². The lowest BCUT2D eigenvalue weighted by Crippen LogP contribution is -2.14. The molecule has 0 unspecified atom stereocenters. The van der Waals surface area contributed by atoms with Gasteiger partial charge in [-0.1, -0.05) is 18.2 Å². The number of nitrogens with zero attached hydrogens (tertiary/aromatic N) is 3. The van der Waals surface area contributed by atoms with E-state index in [9.17, 15) is 4.79 Å². The molecule has 0 atom stereocenters. The molecule has 5 nitrogen and oxygen atoms in total. The highest BCUT2D eigenvalue weighted by Gasteiger charge is 2.09. The van der Waals surface area contributed by atoms with Gasteiger partial charge < -0.3 is 5.32 Å². The van der Waals surface area contributed by atoms with Gasteiger partial charge in [0.05, 0.1) is 11.9 Å². The van der Waals surface area contributed by atoms with Crippen LogP contribution in [0.15, 0.2) is 48.7 Å². The Morgan fingerprint density at radius 3 is 2.74 bits per heavy atom. The van der Waals surface area contributed by atoms with Gasteiger partial charge in [0.1, 0.15) is 5.69 Å². The molecule has 0 saturated carbocycles. The maximum absolute atomic E-state index is 12.1. The first-order valence-corrected chi connectivity index (χ1v) is 5.92. The van der Waals surface area contributed by atoms with Crippen LogP contribution in [0.1, 0.15) is 16.2 Å². The summed E-state index contributed by atoms with van der Waals surface area (Å²) < 4.78 is 1.61. The second-order valence-corrected chi connectivity index (χ2v) is 4.22. The van der Waals surface area contributed by atoms with E-state index in [1.807, 2.05) is 37.3 Å². The molecule has 0 aliphatic heterocycles. The second kappa shape index (κ2) is 4.53. The molecule has 0 saturated heterocycles. The van der Waals surface area contributed by atoms with Crippen LogP contribution in [0.2, 0.25) is 0 Å². The number of amides is 1. The molecule has 0 fully saturated rings. The fourth-order valence-electron chi connectivity index (χ4n) is 1.84. The second-order valence-electron chi connectivity index (χ2n) is 4.22. The summed E-state index contributed by atoms with van der Waals surface area (Å²) in [5, 5.41) is 7.03. The largest absolute Gasteiger partial charge is 0.321 e. The van der Waals surface area contributed by atoms with Gasteiger partial charge in [-0.25, -0.2) is 9.50 Å². The Balaban J connectivity index is 1.89. The van der Waals surface area contributed by atoms with Crippen LogP contribution in [0.5, 0.6) is 0 Å². The predicted molar refractivity (Wildman–Crippen MR) is 72.1 cm³/mol. The van der Waals surface area contributed by atoms with E-state index in [2.05, 4.69) is 15.4 Å². The fraction of sp³-hybridized carbons (Fsp3) is 0.0714. The van der Waals surface area contributed by atoms with E-state index in [4.69, 9.17) is 0 Å². The molecule has 94 valence electrons. The van der Waals surface area contributed by atoms with Gasteiger partial charge in [0.25, 0.3) is 5.91 Å². The molecule has 19 heavy (non-hydrogen) atoms. The molecule has 2 heterocycles. The Bertz CT molecular complexity index is 734. The summed E-state index contributed by atoms with van der Waals surface area (Å²) in [5.74, 6) is -0.237. The molecule has 0 aliphatic rings. The molecule has 5 heteroatoms. The van der Waals surface area contributed by atoms with Crippen molar-refractivity contribution in [3.05, 3.63) is 60.0 Å². The number of carbonyl (C=O) groups excluding carboxylic acids is 1. The third-order valence-electron chi connectivity index (χ3n) is 2.70. The number of benzene rings is 1. The topological polar surface area (TPSA) is 59.3 Å². The fourth-order valence-corrected chi connectivity index (χ4v) is 1.84. The zero-order chi connectivity index (χ0) is 13.2. The molecule has 1 N–H and O–H groups in total. The highest BCUT2D eigenvalue weighted by Crippen LogP contribution is 2.08. The standard InChI is InChI=1S/C14H12N4O/c1-10-9-18-13(15-10)8-7-12(17-18)14(19)16-11-5-3-2-4-6-11/h2-9H,1H3,(H,16,19). The molecule has 0 radical (unpaired) electrons. The Morgan fingerprint density at radius 1 is 1.16 bits per heavy atom. The van der Waals surface area contributed by atoms with Crippen molar-refractivity contribution in [1.29, 1.82) is 0 Å². The summed E-state index contributed by atoms with van der Waals surface area (Å²) in [7, 11) is 0. The zero-order valence-electron chi connectivity index (χ0n) is 10.4. The minimum absolute atomic E-state index is 0.237. The Labute approximate surface area is 109 Å². The molecular formula is C14H12N4O. The lowest BCUT2D eigenvalue weighted by Gasteiger charge is -2.04. The first-order valence-electron chi connectivity index (χ1n) is 5.92. The molecule has 0 bridgehead atoms. The van der Waals surface area contributed by atoms with Crippen molar-refractivity contribution in [2.45, 2.75) is 6.92 Å². The van der Waals surface area contributed by atoms with E-state index in [-0.39, 0.29) is 5.91 Å². The van der Waals surface area contributed by atoms with E-state index in [1.54, 1.807) is 22.8 Å². The monoisotopic (exact) mass is 252 g/mol. The lowest BCUT2D eigenvalue weighted by molar-refractivity contribution is 0.102. The molecule has 3 rings (SSSR count). The summed E-state index contributed by atoms with van der Waals surface area (Å²) in [6, 6.07) is 12.7. The van der Waals surface area contributed by atoms with E-state index in [1.165, 1.54) is 0 Å². The van der Waals surface area contributed by atoms with Crippen LogP contribution in [0.4, 0.5) is 5.69 Å². The first kappa shape index (κ1) is 11.4. The third-order valence-corrected chi connectivity index (χ3v) is 2.70. The van der Waals surface area contributed by atoms with Crippen LogP contribution in [0, 0.1) is 6.92 Å². The first-order chi connectivity index (χ1) is 9.22. The SMILES string of the molecule is Cc1cn2nc(C(=O)Nc3ccccc3)ccc2n1. The number of carbonyl (C=O) groups is 1. The maximum atomic E-state index is 12.1. The smallest absolute Gasteiger partial charge is 0.276 e. The van der Waals surface area contributed by atoms with Gasteiger partial charge in [0.15, 0.2) is 5.65 Å². The predicted octanol–water partition coefficient (Wildman–Crippen LogP) is 2.29. The van der Waals surface area contributed by atoms with Gasteiger partial charge >= 0.3 is 0 Å². The van der Waals surface area contributed by atoms with Gasteiger partial charge in [-0.3, -0.25) is 4.79 Å². The molecule has 3 aromatic rings. The number of hydrogen-bond donors (Lipinski definition) is 1. The van der Waals surface area contributed by atoms with Gasteiger partial charge in [0.2, 0.25) is 0 Å². The Hall–Kier alpha value is -2.69. The number of rotatable bonds is 2. The number of fused-ring (bicyclic) bond motifs is 1. The number of para-hydroxylation sites is 1. The van der Waals surface area contributed by atoms with Gasteiger partial charge in [-0.05, 0) is 31.2 Å². The third kappa shape index (κ3) is 2.30. The lowest BCUT2D eigenvalue weighted by atomic mass is 10.3. The minimum atomic E-state index is -0.237. The van der Waals surface area contributed by atoms with Crippen molar-refractivity contribution in [3.8, 4) is 0 Å². The Morgan fingerprint density at radius 2 is 1.95 bits per heavy atom. The molecule has 0 aliphatic carbocycles. The quantitative estimate of drug-likeness (QED) is 0.761. The summed E-state index contributed by atoms with van der Waals surface area (Å²) >= 11 is 0. The van der Waals surface area contributed by atoms with Crippen molar-refractivity contribution in [3.63, 3.8) is 0 Å².